The Morgan fingerprint density at radius 2 is 2.18 bits per heavy atom. The van der Waals surface area contributed by atoms with E-state index in [0.717, 1.165) is 10.9 Å². The maximum atomic E-state index is 13.3. The predicted molar refractivity (Wildman–Crippen MR) is 59.8 cm³/mol. The van der Waals surface area contributed by atoms with E-state index in [4.69, 9.17) is 5.11 Å². The second-order valence-electron chi connectivity index (χ2n) is 3.21. The highest BCUT2D eigenvalue weighted by Gasteiger charge is 2.16. The van der Waals surface area contributed by atoms with Gasteiger partial charge in [-0.3, -0.25) is 0 Å². The van der Waals surface area contributed by atoms with Gasteiger partial charge in [-0.2, -0.15) is 5.10 Å². The van der Waals surface area contributed by atoms with E-state index >= 15 is 0 Å². The molecule has 0 bridgehead atoms. The van der Waals surface area contributed by atoms with Crippen LogP contribution in [0.15, 0.2) is 28.9 Å². The fourth-order valence-electron chi connectivity index (χ4n) is 1.28. The molecule has 0 aliphatic carbocycles. The summed E-state index contributed by atoms with van der Waals surface area (Å²) in [5.41, 5.74) is -0.165. The van der Waals surface area contributed by atoms with Crippen molar-refractivity contribution in [3.05, 3.63) is 40.4 Å². The molecule has 0 radical (unpaired) electrons. The van der Waals surface area contributed by atoms with E-state index in [9.17, 15) is 14.3 Å². The number of carbonyl (C=O) groups is 1. The number of halogens is 2. The van der Waals surface area contributed by atoms with E-state index in [0.29, 0.717) is 5.69 Å². The Labute approximate surface area is 103 Å². The summed E-state index contributed by atoms with van der Waals surface area (Å²) in [6.45, 7) is 0. The quantitative estimate of drug-likeness (QED) is 0.891. The highest BCUT2D eigenvalue weighted by atomic mass is 79.9. The van der Waals surface area contributed by atoms with Gasteiger partial charge in [0.1, 0.15) is 5.82 Å². The van der Waals surface area contributed by atoms with Crippen molar-refractivity contribution in [2.24, 2.45) is 0 Å². The lowest BCUT2D eigenvalue weighted by atomic mass is 10.3. The molecule has 1 heterocycles. The Morgan fingerprint density at radius 1 is 1.47 bits per heavy atom. The minimum atomic E-state index is -1.35. The molecule has 0 fully saturated rings. The lowest BCUT2D eigenvalue weighted by Gasteiger charge is -2.01. The van der Waals surface area contributed by atoms with Crippen molar-refractivity contribution < 1.29 is 19.4 Å². The van der Waals surface area contributed by atoms with E-state index in [1.807, 2.05) is 0 Å². The first-order chi connectivity index (χ1) is 7.99. The molecular formula is C10H6BrFN2O3. The number of carboxylic acid groups (broad SMARTS) is 1. The van der Waals surface area contributed by atoms with Gasteiger partial charge >= 0.3 is 5.97 Å². The number of hydrogen-bond acceptors (Lipinski definition) is 3. The topological polar surface area (TPSA) is 75.3 Å². The van der Waals surface area contributed by atoms with Crippen molar-refractivity contribution in [3.8, 4) is 11.4 Å². The number of benzene rings is 1. The van der Waals surface area contributed by atoms with Gasteiger partial charge in [0.25, 0.3) is 0 Å². The second-order valence-corrected chi connectivity index (χ2v) is 4.07. The number of aromatic carboxylic acids is 1. The molecular weight excluding hydrogens is 295 g/mol. The standard InChI is InChI=1S/C10H6BrFN2O3/c11-6-2-1-5(3-7(6)12)14-4-8(15)9(13-14)10(16)17/h1-4,15H,(H,16,17). The monoisotopic (exact) mass is 300 g/mol. The van der Waals surface area contributed by atoms with Crippen molar-refractivity contribution in [2.45, 2.75) is 0 Å². The Bertz CT molecular complexity index is 597. The van der Waals surface area contributed by atoms with Gasteiger partial charge in [0.05, 0.1) is 16.4 Å². The third-order valence-corrected chi connectivity index (χ3v) is 2.71. The van der Waals surface area contributed by atoms with Gasteiger partial charge in [-0.1, -0.05) is 0 Å². The zero-order chi connectivity index (χ0) is 12.6. The number of aromatic hydroxyl groups is 1. The maximum Gasteiger partial charge on any atom is 0.360 e. The Morgan fingerprint density at radius 3 is 2.71 bits per heavy atom. The van der Waals surface area contributed by atoms with Crippen LogP contribution in [0.1, 0.15) is 10.5 Å². The molecule has 0 saturated heterocycles. The number of rotatable bonds is 2. The van der Waals surface area contributed by atoms with Crippen LogP contribution in [-0.4, -0.2) is 26.0 Å². The van der Waals surface area contributed by atoms with E-state index < -0.39 is 23.2 Å². The number of carboxylic acids is 1. The molecule has 0 aliphatic rings. The van der Waals surface area contributed by atoms with Crippen LogP contribution in [0, 0.1) is 5.82 Å². The molecule has 17 heavy (non-hydrogen) atoms. The third-order valence-electron chi connectivity index (χ3n) is 2.07. The smallest absolute Gasteiger partial charge is 0.360 e. The molecule has 0 aliphatic heterocycles. The summed E-state index contributed by atoms with van der Waals surface area (Å²) >= 11 is 3.00. The third kappa shape index (κ3) is 2.14. The predicted octanol–water partition coefficient (Wildman–Crippen LogP) is 2.18. The number of hydrogen-bond donors (Lipinski definition) is 2. The van der Waals surface area contributed by atoms with Gasteiger partial charge in [-0.05, 0) is 28.1 Å². The molecule has 0 amide bonds. The minimum absolute atomic E-state index is 0.288. The molecule has 7 heteroatoms. The van der Waals surface area contributed by atoms with Gasteiger partial charge < -0.3 is 10.2 Å². The van der Waals surface area contributed by atoms with Gasteiger partial charge in [0, 0.05) is 6.07 Å². The van der Waals surface area contributed by atoms with Crippen LogP contribution in [-0.2, 0) is 0 Å². The SMILES string of the molecule is O=C(O)c1nn(-c2ccc(Br)c(F)c2)cc1O. The average Bonchev–Trinajstić information content (AvgIpc) is 2.64. The lowest BCUT2D eigenvalue weighted by Crippen LogP contribution is -2.01. The van der Waals surface area contributed by atoms with Crippen molar-refractivity contribution in [3.63, 3.8) is 0 Å². The first-order valence-corrected chi connectivity index (χ1v) is 5.25. The van der Waals surface area contributed by atoms with Gasteiger partial charge in [-0.25, -0.2) is 13.9 Å². The molecule has 1 aromatic carbocycles. The summed E-state index contributed by atoms with van der Waals surface area (Å²) in [6, 6.07) is 4.16. The molecule has 0 saturated carbocycles. The lowest BCUT2D eigenvalue weighted by molar-refractivity contribution is 0.0687. The molecule has 0 atom stereocenters. The van der Waals surface area contributed by atoms with Crippen molar-refractivity contribution >= 4 is 21.9 Å². The van der Waals surface area contributed by atoms with Crippen LogP contribution >= 0.6 is 15.9 Å². The van der Waals surface area contributed by atoms with Crippen molar-refractivity contribution in [1.29, 1.82) is 0 Å². The van der Waals surface area contributed by atoms with E-state index in [2.05, 4.69) is 21.0 Å². The molecule has 0 unspecified atom stereocenters. The van der Waals surface area contributed by atoms with Crippen LogP contribution in [0.5, 0.6) is 5.75 Å². The van der Waals surface area contributed by atoms with Crippen molar-refractivity contribution in [1.82, 2.24) is 9.78 Å². The highest BCUT2D eigenvalue weighted by Crippen LogP contribution is 2.21. The average molecular weight is 301 g/mol. The maximum absolute atomic E-state index is 13.3. The Balaban J connectivity index is 2.50. The van der Waals surface area contributed by atoms with Crippen LogP contribution in [0.4, 0.5) is 4.39 Å². The van der Waals surface area contributed by atoms with Gasteiger partial charge in [-0.15, -0.1) is 0 Å². The van der Waals surface area contributed by atoms with Crippen LogP contribution in [0.2, 0.25) is 0 Å². The fraction of sp³-hybridized carbons (Fsp3) is 0. The Hall–Kier alpha value is -1.89. The fourth-order valence-corrected chi connectivity index (χ4v) is 1.52. The molecule has 1 aromatic heterocycles. The molecule has 0 spiro atoms. The highest BCUT2D eigenvalue weighted by molar-refractivity contribution is 9.10. The summed E-state index contributed by atoms with van der Waals surface area (Å²) in [4.78, 5) is 10.7. The van der Waals surface area contributed by atoms with Gasteiger partial charge in [0.15, 0.2) is 5.75 Å². The van der Waals surface area contributed by atoms with Crippen molar-refractivity contribution in [2.75, 3.05) is 0 Å². The summed E-state index contributed by atoms with van der Waals surface area (Å²) in [7, 11) is 0. The minimum Gasteiger partial charge on any atom is -0.504 e. The zero-order valence-electron chi connectivity index (χ0n) is 8.26. The van der Waals surface area contributed by atoms with E-state index in [1.54, 1.807) is 0 Å². The van der Waals surface area contributed by atoms with Crippen LogP contribution in [0.25, 0.3) is 5.69 Å². The van der Waals surface area contributed by atoms with E-state index in [-0.39, 0.29) is 4.47 Å². The summed E-state index contributed by atoms with van der Waals surface area (Å²) in [5, 5.41) is 21.7. The van der Waals surface area contributed by atoms with E-state index in [1.165, 1.54) is 18.2 Å². The molecule has 88 valence electrons. The summed E-state index contributed by atoms with van der Waals surface area (Å²) in [5.74, 6) is -2.32. The normalized spacial score (nSPS) is 10.5. The Kier molecular flexibility index (Phi) is 2.84. The number of aromatic nitrogens is 2. The zero-order valence-corrected chi connectivity index (χ0v) is 9.85. The second kappa shape index (κ2) is 4.17. The largest absolute Gasteiger partial charge is 0.504 e. The molecule has 2 aromatic rings. The van der Waals surface area contributed by atoms with Crippen LogP contribution < -0.4 is 0 Å². The molecule has 2 rings (SSSR count). The van der Waals surface area contributed by atoms with Crippen LogP contribution in [0.3, 0.4) is 0 Å². The van der Waals surface area contributed by atoms with Gasteiger partial charge in [0.2, 0.25) is 5.69 Å². The molecule has 5 nitrogen and oxygen atoms in total. The first kappa shape index (κ1) is 11.6. The molecule has 2 N–H and O–H groups in total. The first-order valence-electron chi connectivity index (χ1n) is 4.46. The summed E-state index contributed by atoms with van der Waals surface area (Å²) in [6.07, 6.45) is 1.10. The number of nitrogens with zero attached hydrogens (tertiary/aromatic N) is 2. The summed E-state index contributed by atoms with van der Waals surface area (Å²) < 4.78 is 14.6.